The first kappa shape index (κ1) is 28.0. The summed E-state index contributed by atoms with van der Waals surface area (Å²) in [4.78, 5) is 67.3. The van der Waals surface area contributed by atoms with Gasteiger partial charge in [-0.25, -0.2) is 13.1 Å². The number of carbonyl (C=O) groups excluding carboxylic acids is 5. The standard InChI is InChI=1S/C25H31N3O9S/c1-28(2)19-14-10-12-9-13-11(5-4-8-27-38(3,36)37)6-7-15(29)17(13)20(30)16(12)22(32)25(14,35)23(33)18(21(19)31)24(26)34/h6-7,12,14,16,18-19,27,29,35H,4-5,8-10H2,1-3H3,(H2,26,34)/t12-,14-,16?,18?,19-,25-/m0/s1. The zero-order chi connectivity index (χ0) is 28.3. The lowest BCUT2D eigenvalue weighted by Gasteiger charge is -2.52. The van der Waals surface area contributed by atoms with Gasteiger partial charge in [0.05, 0.1) is 23.8 Å². The number of hydrogen-bond donors (Lipinski definition) is 4. The summed E-state index contributed by atoms with van der Waals surface area (Å²) in [5.41, 5.74) is 3.68. The third-order valence-electron chi connectivity index (χ3n) is 8.03. The molecule has 3 aliphatic rings. The van der Waals surface area contributed by atoms with Crippen LogP contribution in [0.4, 0.5) is 0 Å². The molecule has 1 aromatic rings. The zero-order valence-electron chi connectivity index (χ0n) is 21.3. The number of phenols is 1. The number of sulfonamides is 1. The lowest BCUT2D eigenvalue weighted by atomic mass is 9.52. The van der Waals surface area contributed by atoms with Crippen molar-refractivity contribution in [2.24, 2.45) is 29.4 Å². The van der Waals surface area contributed by atoms with Crippen LogP contribution in [0, 0.1) is 23.7 Å². The second-order valence-corrected chi connectivity index (χ2v) is 12.5. The van der Waals surface area contributed by atoms with Gasteiger partial charge in [-0.2, -0.15) is 0 Å². The van der Waals surface area contributed by atoms with Crippen molar-refractivity contribution in [3.05, 3.63) is 28.8 Å². The summed E-state index contributed by atoms with van der Waals surface area (Å²) in [5.74, 6) is -10.9. The average molecular weight is 550 g/mol. The Morgan fingerprint density at radius 1 is 1.18 bits per heavy atom. The van der Waals surface area contributed by atoms with E-state index in [0.717, 1.165) is 6.26 Å². The highest BCUT2D eigenvalue weighted by molar-refractivity contribution is 7.88. The van der Waals surface area contributed by atoms with Crippen molar-refractivity contribution in [2.75, 3.05) is 26.9 Å². The van der Waals surface area contributed by atoms with E-state index < -0.39 is 74.4 Å². The van der Waals surface area contributed by atoms with Crippen molar-refractivity contribution >= 4 is 39.1 Å². The summed E-state index contributed by atoms with van der Waals surface area (Å²) < 4.78 is 25.1. The summed E-state index contributed by atoms with van der Waals surface area (Å²) in [5, 5.41) is 22.1. The van der Waals surface area contributed by atoms with Gasteiger partial charge in [-0.15, -0.1) is 0 Å². The number of amides is 1. The Balaban J connectivity index is 1.74. The number of aromatic hydroxyl groups is 1. The molecule has 0 aromatic heterocycles. The number of rotatable bonds is 7. The maximum Gasteiger partial charge on any atom is 0.235 e. The summed E-state index contributed by atoms with van der Waals surface area (Å²) in [6.07, 6.45) is 1.97. The molecule has 1 aromatic carbocycles. The van der Waals surface area contributed by atoms with E-state index >= 15 is 0 Å². The van der Waals surface area contributed by atoms with Gasteiger partial charge in [0.2, 0.25) is 15.9 Å². The number of benzene rings is 1. The first-order chi connectivity index (χ1) is 17.6. The summed E-state index contributed by atoms with van der Waals surface area (Å²) in [6, 6.07) is 1.79. The van der Waals surface area contributed by atoms with Gasteiger partial charge in [-0.1, -0.05) is 6.07 Å². The number of ketones is 4. The highest BCUT2D eigenvalue weighted by atomic mass is 32.2. The fraction of sp³-hybridized carbons (Fsp3) is 0.560. The van der Waals surface area contributed by atoms with E-state index in [-0.39, 0.29) is 30.7 Å². The zero-order valence-corrected chi connectivity index (χ0v) is 22.1. The highest BCUT2D eigenvalue weighted by Crippen LogP contribution is 2.51. The van der Waals surface area contributed by atoms with Crippen molar-refractivity contribution in [1.29, 1.82) is 0 Å². The maximum atomic E-state index is 13.8. The minimum Gasteiger partial charge on any atom is -0.507 e. The van der Waals surface area contributed by atoms with Crippen LogP contribution in [0.5, 0.6) is 5.75 Å². The number of primary amides is 1. The molecular weight excluding hydrogens is 518 g/mol. The molecule has 13 heteroatoms. The lowest BCUT2D eigenvalue weighted by Crippen LogP contribution is -2.74. The van der Waals surface area contributed by atoms with Crippen LogP contribution in [0.25, 0.3) is 0 Å². The molecule has 2 unspecified atom stereocenters. The smallest absolute Gasteiger partial charge is 0.235 e. The maximum absolute atomic E-state index is 13.8. The largest absolute Gasteiger partial charge is 0.507 e. The van der Waals surface area contributed by atoms with Gasteiger partial charge >= 0.3 is 0 Å². The van der Waals surface area contributed by atoms with Crippen LogP contribution < -0.4 is 10.5 Å². The van der Waals surface area contributed by atoms with E-state index in [9.17, 15) is 42.6 Å². The number of nitrogens with zero attached hydrogens (tertiary/aromatic N) is 1. The fourth-order valence-electron chi connectivity index (χ4n) is 6.44. The minimum atomic E-state index is -3.37. The SMILES string of the molecule is CN(C)[C@@H]1C(=O)C(C(N)=O)C(=O)[C@@]2(O)C(=O)C3C(=O)c4c(O)ccc(CCCNS(C)(=O)=O)c4C[C@H]3C[C@@H]12. The third-order valence-corrected chi connectivity index (χ3v) is 8.76. The van der Waals surface area contributed by atoms with Crippen LogP contribution >= 0.6 is 0 Å². The summed E-state index contributed by atoms with van der Waals surface area (Å²) in [6.45, 7) is 0.165. The van der Waals surface area contributed by atoms with E-state index in [1.165, 1.54) is 25.1 Å². The van der Waals surface area contributed by atoms with E-state index in [1.54, 1.807) is 6.07 Å². The van der Waals surface area contributed by atoms with Crippen molar-refractivity contribution in [2.45, 2.75) is 37.3 Å². The molecule has 5 N–H and O–H groups in total. The molecule has 0 saturated heterocycles. The van der Waals surface area contributed by atoms with E-state index in [1.807, 2.05) is 0 Å². The Morgan fingerprint density at radius 2 is 1.84 bits per heavy atom. The number of fused-ring (bicyclic) bond motifs is 3. The molecule has 1 amide bonds. The molecule has 0 radical (unpaired) electrons. The number of aryl methyl sites for hydroxylation is 1. The van der Waals surface area contributed by atoms with Crippen molar-refractivity contribution in [3.63, 3.8) is 0 Å². The Bertz CT molecular complexity index is 1360. The van der Waals surface area contributed by atoms with Crippen molar-refractivity contribution < 1.29 is 42.6 Å². The van der Waals surface area contributed by atoms with Gasteiger partial charge < -0.3 is 15.9 Å². The first-order valence-electron chi connectivity index (χ1n) is 12.2. The normalized spacial score (nSPS) is 31.1. The molecule has 0 bridgehead atoms. The summed E-state index contributed by atoms with van der Waals surface area (Å²) >= 11 is 0. The van der Waals surface area contributed by atoms with E-state index in [4.69, 9.17) is 5.73 Å². The van der Waals surface area contributed by atoms with Gasteiger partial charge in [0.25, 0.3) is 0 Å². The van der Waals surface area contributed by atoms with Crippen LogP contribution in [-0.4, -0.2) is 91.1 Å². The van der Waals surface area contributed by atoms with Gasteiger partial charge in [-0.05, 0) is 62.9 Å². The lowest BCUT2D eigenvalue weighted by molar-refractivity contribution is -0.181. The highest BCUT2D eigenvalue weighted by Gasteiger charge is 2.69. The molecule has 4 rings (SSSR count). The molecule has 2 fully saturated rings. The topological polar surface area (TPSA) is 201 Å². The molecule has 2 saturated carbocycles. The fourth-order valence-corrected chi connectivity index (χ4v) is 6.95. The van der Waals surface area contributed by atoms with Crippen LogP contribution in [-0.2, 0) is 42.0 Å². The molecule has 206 valence electrons. The van der Waals surface area contributed by atoms with Crippen LogP contribution in [0.3, 0.4) is 0 Å². The molecule has 12 nitrogen and oxygen atoms in total. The predicted molar refractivity (Wildman–Crippen MR) is 133 cm³/mol. The van der Waals surface area contributed by atoms with Crippen LogP contribution in [0.15, 0.2) is 12.1 Å². The monoisotopic (exact) mass is 549 g/mol. The minimum absolute atomic E-state index is 0.0331. The Kier molecular flexibility index (Phi) is 7.10. The van der Waals surface area contributed by atoms with E-state index in [2.05, 4.69) is 4.72 Å². The number of phenolic OH excluding ortho intramolecular Hbond substituents is 1. The number of Topliss-reactive ketones (excluding diaryl/α,β-unsaturated/α-hetero) is 4. The molecular formula is C25H31N3O9S. The molecule has 0 heterocycles. The van der Waals surface area contributed by atoms with E-state index in [0.29, 0.717) is 24.0 Å². The molecule has 0 aliphatic heterocycles. The Labute approximate surface area is 219 Å². The number of aliphatic hydroxyl groups is 1. The number of likely N-dealkylation sites (N-methyl/N-ethyl adjacent to an activating group) is 1. The number of nitrogens with one attached hydrogen (secondary N) is 1. The number of carbonyl (C=O) groups is 5. The number of hydrogen-bond acceptors (Lipinski definition) is 10. The summed E-state index contributed by atoms with van der Waals surface area (Å²) in [7, 11) is -0.328. The molecule has 38 heavy (non-hydrogen) atoms. The number of nitrogens with two attached hydrogens (primary N) is 1. The van der Waals surface area contributed by atoms with Gasteiger partial charge in [0.1, 0.15) is 5.75 Å². The average Bonchev–Trinajstić information content (AvgIpc) is 2.79. The second kappa shape index (κ2) is 9.63. The quantitative estimate of drug-likeness (QED) is 0.225. The van der Waals surface area contributed by atoms with Crippen LogP contribution in [0.1, 0.15) is 34.3 Å². The Morgan fingerprint density at radius 3 is 2.42 bits per heavy atom. The Hall–Kier alpha value is -3.00. The van der Waals surface area contributed by atoms with Crippen molar-refractivity contribution in [3.8, 4) is 5.75 Å². The third kappa shape index (κ3) is 4.36. The van der Waals surface area contributed by atoms with Gasteiger partial charge in [0, 0.05) is 12.5 Å². The second-order valence-electron chi connectivity index (χ2n) is 10.7. The first-order valence-corrected chi connectivity index (χ1v) is 14.1. The predicted octanol–water partition coefficient (Wildman–Crippen LogP) is -1.65. The molecule has 6 atom stereocenters. The molecule has 0 spiro atoms. The van der Waals surface area contributed by atoms with Gasteiger partial charge in [-0.3, -0.25) is 28.9 Å². The van der Waals surface area contributed by atoms with Crippen molar-refractivity contribution in [1.82, 2.24) is 9.62 Å². The molecule has 3 aliphatic carbocycles. The van der Waals surface area contributed by atoms with Crippen LogP contribution in [0.2, 0.25) is 0 Å². The van der Waals surface area contributed by atoms with Gasteiger partial charge in [0.15, 0.2) is 34.7 Å².